The molecule has 1 aliphatic carbocycles. The lowest BCUT2D eigenvalue weighted by molar-refractivity contribution is -0.186. The molecule has 4 N–H and O–H groups in total. The molecule has 9 nitrogen and oxygen atoms in total. The van der Waals surface area contributed by atoms with Gasteiger partial charge in [0, 0.05) is 23.0 Å². The van der Waals surface area contributed by atoms with Gasteiger partial charge in [0.1, 0.15) is 22.2 Å². The van der Waals surface area contributed by atoms with Crippen molar-refractivity contribution >= 4 is 39.6 Å². The first kappa shape index (κ1) is 19.2. The SMILES string of the molecule is NS(=O)c1ccc(Nc2ncc3cc4n(c3n2)C2(CCCCC2)C(=O)N(O)C4)cc1. The van der Waals surface area contributed by atoms with Crippen molar-refractivity contribution in [2.75, 3.05) is 5.32 Å². The van der Waals surface area contributed by atoms with Crippen molar-refractivity contribution in [3.05, 3.63) is 42.2 Å². The number of hydrogen-bond donors (Lipinski definition) is 3. The molecule has 1 aliphatic heterocycles. The summed E-state index contributed by atoms with van der Waals surface area (Å²) in [7, 11) is -1.53. The number of hydrogen-bond acceptors (Lipinski definition) is 6. The van der Waals surface area contributed by atoms with Crippen LogP contribution in [0.5, 0.6) is 0 Å². The van der Waals surface area contributed by atoms with Gasteiger partial charge in [0.2, 0.25) is 5.95 Å². The van der Waals surface area contributed by atoms with Crippen LogP contribution in [-0.4, -0.2) is 34.9 Å². The summed E-state index contributed by atoms with van der Waals surface area (Å²) in [5.41, 5.74) is 1.49. The molecule has 1 fully saturated rings. The van der Waals surface area contributed by atoms with E-state index in [4.69, 9.17) is 10.1 Å². The lowest BCUT2D eigenvalue weighted by atomic mass is 9.79. The molecule has 3 aromatic rings. The number of fused-ring (bicyclic) bond motifs is 4. The van der Waals surface area contributed by atoms with E-state index >= 15 is 0 Å². The molecule has 1 amide bonds. The van der Waals surface area contributed by atoms with Gasteiger partial charge in [0.15, 0.2) is 0 Å². The van der Waals surface area contributed by atoms with Crippen LogP contribution in [0.15, 0.2) is 41.4 Å². The Morgan fingerprint density at radius 1 is 1.17 bits per heavy atom. The minimum atomic E-state index is -1.53. The van der Waals surface area contributed by atoms with Gasteiger partial charge in [-0.05, 0) is 43.2 Å². The van der Waals surface area contributed by atoms with Gasteiger partial charge in [-0.2, -0.15) is 4.98 Å². The van der Waals surface area contributed by atoms with E-state index in [1.165, 1.54) is 0 Å². The molecule has 2 aromatic heterocycles. The summed E-state index contributed by atoms with van der Waals surface area (Å²) in [4.78, 5) is 22.7. The first-order valence-corrected chi connectivity index (χ1v) is 11.1. The van der Waals surface area contributed by atoms with E-state index in [1.54, 1.807) is 30.5 Å². The average Bonchev–Trinajstić information content (AvgIpc) is 3.11. The second-order valence-electron chi connectivity index (χ2n) is 7.85. The fourth-order valence-electron chi connectivity index (χ4n) is 4.63. The Kier molecular flexibility index (Phi) is 4.57. The van der Waals surface area contributed by atoms with Crippen molar-refractivity contribution in [3.63, 3.8) is 0 Å². The van der Waals surface area contributed by atoms with E-state index in [-0.39, 0.29) is 12.5 Å². The molecular weight excluding hydrogens is 404 g/mol. The van der Waals surface area contributed by atoms with Gasteiger partial charge in [-0.3, -0.25) is 10.0 Å². The Morgan fingerprint density at radius 2 is 1.90 bits per heavy atom. The lowest BCUT2D eigenvalue weighted by Gasteiger charge is -2.43. The topological polar surface area (TPSA) is 126 Å². The van der Waals surface area contributed by atoms with Gasteiger partial charge in [-0.1, -0.05) is 19.3 Å². The van der Waals surface area contributed by atoms with Crippen LogP contribution in [0.2, 0.25) is 0 Å². The van der Waals surface area contributed by atoms with Gasteiger partial charge in [-0.25, -0.2) is 19.4 Å². The van der Waals surface area contributed by atoms with Crippen LogP contribution in [0.3, 0.4) is 0 Å². The first-order chi connectivity index (χ1) is 14.5. The smallest absolute Gasteiger partial charge is 0.272 e. The third-order valence-electron chi connectivity index (χ3n) is 6.01. The number of nitrogens with zero attached hydrogens (tertiary/aromatic N) is 4. The van der Waals surface area contributed by atoms with E-state index < -0.39 is 16.5 Å². The third-order valence-corrected chi connectivity index (χ3v) is 6.75. The second-order valence-corrected chi connectivity index (χ2v) is 8.91. The quantitative estimate of drug-likeness (QED) is 0.553. The molecule has 3 heterocycles. The van der Waals surface area contributed by atoms with E-state index in [2.05, 4.69) is 10.3 Å². The fourth-order valence-corrected chi connectivity index (χ4v) is 5.04. The van der Waals surface area contributed by atoms with Crippen LogP contribution in [0.25, 0.3) is 11.0 Å². The molecule has 30 heavy (non-hydrogen) atoms. The van der Waals surface area contributed by atoms with Crippen LogP contribution in [0, 0.1) is 0 Å². The van der Waals surface area contributed by atoms with Gasteiger partial charge in [0.25, 0.3) is 5.91 Å². The van der Waals surface area contributed by atoms with E-state index in [9.17, 15) is 14.2 Å². The summed E-state index contributed by atoms with van der Waals surface area (Å²) >= 11 is 0. The zero-order valence-corrected chi connectivity index (χ0v) is 17.1. The number of nitrogens with two attached hydrogens (primary N) is 1. The Hall–Kier alpha value is -2.82. The molecule has 1 aromatic carbocycles. The third kappa shape index (κ3) is 2.99. The fraction of sp³-hybridized carbons (Fsp3) is 0.350. The number of carbonyl (C=O) groups excluding carboxylic acids is 1. The number of amides is 1. The summed E-state index contributed by atoms with van der Waals surface area (Å²) in [6, 6.07) is 8.83. The number of hydroxylamine groups is 2. The van der Waals surface area contributed by atoms with Crippen LogP contribution in [0.4, 0.5) is 11.6 Å². The van der Waals surface area contributed by atoms with Crippen molar-refractivity contribution < 1.29 is 14.2 Å². The zero-order chi connectivity index (χ0) is 20.9. The summed E-state index contributed by atoms with van der Waals surface area (Å²) < 4.78 is 13.4. The maximum Gasteiger partial charge on any atom is 0.272 e. The molecule has 0 bridgehead atoms. The molecule has 1 unspecified atom stereocenters. The number of nitrogens with one attached hydrogen (secondary N) is 1. The lowest BCUT2D eigenvalue weighted by Crippen LogP contribution is -2.54. The van der Waals surface area contributed by atoms with Gasteiger partial charge in [-0.15, -0.1) is 0 Å². The first-order valence-electron chi connectivity index (χ1n) is 9.90. The van der Waals surface area contributed by atoms with Gasteiger partial charge >= 0.3 is 0 Å². The zero-order valence-electron chi connectivity index (χ0n) is 16.2. The minimum absolute atomic E-state index is 0.136. The van der Waals surface area contributed by atoms with Crippen molar-refractivity contribution in [1.29, 1.82) is 0 Å². The molecule has 156 valence electrons. The van der Waals surface area contributed by atoms with E-state index in [1.807, 2.05) is 10.6 Å². The molecular formula is C20H22N6O3S. The van der Waals surface area contributed by atoms with Crippen molar-refractivity contribution in [1.82, 2.24) is 19.6 Å². The maximum atomic E-state index is 13.0. The summed E-state index contributed by atoms with van der Waals surface area (Å²) in [5, 5.41) is 20.5. The summed E-state index contributed by atoms with van der Waals surface area (Å²) in [5.74, 6) is 0.139. The molecule has 2 aliphatic rings. The molecule has 1 atom stereocenters. The number of rotatable bonds is 3. The Balaban J connectivity index is 1.57. The van der Waals surface area contributed by atoms with Crippen LogP contribution >= 0.6 is 0 Å². The second kappa shape index (κ2) is 7.15. The van der Waals surface area contributed by atoms with Crippen molar-refractivity contribution in [3.8, 4) is 0 Å². The number of aromatic nitrogens is 3. The average molecular weight is 427 g/mol. The maximum absolute atomic E-state index is 13.0. The van der Waals surface area contributed by atoms with Crippen molar-refractivity contribution in [2.45, 2.75) is 49.1 Å². The predicted molar refractivity (Wildman–Crippen MR) is 111 cm³/mol. The number of benzene rings is 1. The number of anilines is 2. The Morgan fingerprint density at radius 3 is 2.60 bits per heavy atom. The largest absolute Gasteiger partial charge is 0.324 e. The van der Waals surface area contributed by atoms with Gasteiger partial charge < -0.3 is 9.88 Å². The van der Waals surface area contributed by atoms with Crippen LogP contribution in [-0.2, 0) is 27.9 Å². The van der Waals surface area contributed by atoms with Crippen molar-refractivity contribution in [2.24, 2.45) is 5.14 Å². The minimum Gasteiger partial charge on any atom is -0.324 e. The molecule has 0 radical (unpaired) electrons. The van der Waals surface area contributed by atoms with E-state index in [0.717, 1.165) is 41.1 Å². The highest BCUT2D eigenvalue weighted by atomic mass is 32.2. The van der Waals surface area contributed by atoms with Crippen LogP contribution in [0.1, 0.15) is 37.8 Å². The highest BCUT2D eigenvalue weighted by Crippen LogP contribution is 2.43. The standard InChI is InChI=1S/C20H22N6O3S/c21-30(29)16-6-4-14(5-7-16)23-19-22-11-13-10-15-12-25(28)18(27)20(8-2-1-3-9-20)26(15)17(13)24-19/h4-7,10-11,28H,1-3,8-9,12,21H2,(H,22,23,24). The Labute approximate surface area is 175 Å². The van der Waals surface area contributed by atoms with Gasteiger partial charge in [0.05, 0.1) is 11.4 Å². The molecule has 0 saturated heterocycles. The Bertz CT molecular complexity index is 1150. The molecule has 10 heteroatoms. The highest BCUT2D eigenvalue weighted by molar-refractivity contribution is 7.82. The predicted octanol–water partition coefficient (Wildman–Crippen LogP) is 2.55. The number of carbonyl (C=O) groups is 1. The molecule has 1 spiro atoms. The normalized spacial score (nSPS) is 19.1. The van der Waals surface area contributed by atoms with E-state index in [0.29, 0.717) is 29.3 Å². The highest BCUT2D eigenvalue weighted by Gasteiger charge is 2.48. The summed E-state index contributed by atoms with van der Waals surface area (Å²) in [6.07, 6.45) is 6.05. The van der Waals surface area contributed by atoms with Crippen LogP contribution < -0.4 is 10.5 Å². The molecule has 1 saturated carbocycles. The summed E-state index contributed by atoms with van der Waals surface area (Å²) in [6.45, 7) is 0.136. The monoisotopic (exact) mass is 426 g/mol. The molecule has 5 rings (SSSR count).